The van der Waals surface area contributed by atoms with E-state index in [1.54, 1.807) is 0 Å². The van der Waals surface area contributed by atoms with Crippen LogP contribution in [0.15, 0.2) is 12.1 Å². The van der Waals surface area contributed by atoms with Crippen molar-refractivity contribution in [2.45, 2.75) is 26.7 Å². The van der Waals surface area contributed by atoms with Crippen LogP contribution in [0.1, 0.15) is 37.0 Å². The Morgan fingerprint density at radius 2 is 1.52 bits per heavy atom. The van der Waals surface area contributed by atoms with Gasteiger partial charge in [-0.05, 0) is 18.9 Å². The highest BCUT2D eigenvalue weighted by Gasteiger charge is 2.36. The van der Waals surface area contributed by atoms with Gasteiger partial charge < -0.3 is 4.74 Å². The highest BCUT2D eigenvalue weighted by Crippen LogP contribution is 2.30. The molecule has 0 bridgehead atoms. The van der Waals surface area contributed by atoms with Crippen molar-refractivity contribution in [1.82, 2.24) is 0 Å². The molecule has 0 aliphatic carbocycles. The SMILES string of the molecule is CCCS(=O)(=O)N(c1cc(F)cc(C(=O)OC)c1F)S(=O)(=O)CCC. The van der Waals surface area contributed by atoms with Crippen LogP contribution in [0.5, 0.6) is 0 Å². The Hall–Kier alpha value is -1.75. The first-order valence-corrected chi connectivity index (χ1v) is 10.6. The number of rotatable bonds is 8. The summed E-state index contributed by atoms with van der Waals surface area (Å²) in [5, 5.41) is 0. The van der Waals surface area contributed by atoms with Gasteiger partial charge in [-0.3, -0.25) is 0 Å². The van der Waals surface area contributed by atoms with Crippen molar-refractivity contribution in [3.8, 4) is 0 Å². The molecule has 11 heteroatoms. The molecule has 0 atom stereocenters. The van der Waals surface area contributed by atoms with Crippen molar-refractivity contribution in [3.63, 3.8) is 0 Å². The number of halogens is 2. The number of benzene rings is 1. The Balaban J connectivity index is 3.79. The van der Waals surface area contributed by atoms with Gasteiger partial charge in [-0.25, -0.2) is 30.4 Å². The van der Waals surface area contributed by atoms with Gasteiger partial charge in [-0.2, -0.15) is 3.71 Å². The Labute approximate surface area is 145 Å². The molecule has 1 aromatic rings. The van der Waals surface area contributed by atoms with Crippen molar-refractivity contribution in [2.24, 2.45) is 0 Å². The van der Waals surface area contributed by atoms with Crippen molar-refractivity contribution < 1.29 is 35.1 Å². The zero-order valence-electron chi connectivity index (χ0n) is 14.0. The van der Waals surface area contributed by atoms with Gasteiger partial charge in [-0.15, -0.1) is 0 Å². The first kappa shape index (κ1) is 21.3. The van der Waals surface area contributed by atoms with E-state index in [1.165, 1.54) is 13.8 Å². The predicted octanol–water partition coefficient (Wildman–Crippen LogP) is 2.04. The lowest BCUT2D eigenvalue weighted by molar-refractivity contribution is 0.0595. The van der Waals surface area contributed by atoms with E-state index in [0.29, 0.717) is 12.1 Å². The summed E-state index contributed by atoms with van der Waals surface area (Å²) < 4.78 is 82.3. The molecule has 0 unspecified atom stereocenters. The predicted molar refractivity (Wildman–Crippen MR) is 88.3 cm³/mol. The van der Waals surface area contributed by atoms with Gasteiger partial charge in [0.2, 0.25) is 20.0 Å². The van der Waals surface area contributed by atoms with Crippen LogP contribution in [0.3, 0.4) is 0 Å². The smallest absolute Gasteiger partial charge is 0.341 e. The number of hydrogen-bond donors (Lipinski definition) is 0. The Morgan fingerprint density at radius 3 is 1.92 bits per heavy atom. The molecule has 0 radical (unpaired) electrons. The summed E-state index contributed by atoms with van der Waals surface area (Å²) in [4.78, 5) is 11.6. The van der Waals surface area contributed by atoms with E-state index in [-0.39, 0.29) is 16.6 Å². The minimum Gasteiger partial charge on any atom is -0.465 e. The van der Waals surface area contributed by atoms with Crippen LogP contribution in [0, 0.1) is 11.6 Å². The van der Waals surface area contributed by atoms with Gasteiger partial charge in [0.15, 0.2) is 5.82 Å². The minimum absolute atomic E-state index is 0.0568. The molecule has 0 fully saturated rings. The zero-order chi connectivity index (χ0) is 19.4. The maximum Gasteiger partial charge on any atom is 0.341 e. The average molecular weight is 399 g/mol. The Kier molecular flexibility index (Phi) is 6.89. The Bertz CT molecular complexity index is 816. The number of anilines is 1. The normalized spacial score (nSPS) is 12.0. The van der Waals surface area contributed by atoms with Crippen molar-refractivity contribution in [2.75, 3.05) is 22.3 Å². The molecule has 0 aliphatic heterocycles. The topological polar surface area (TPSA) is 97.8 Å². The van der Waals surface area contributed by atoms with Crippen LogP contribution in [-0.4, -0.2) is 41.4 Å². The second kappa shape index (κ2) is 8.09. The van der Waals surface area contributed by atoms with Crippen molar-refractivity contribution >= 4 is 31.7 Å². The van der Waals surface area contributed by atoms with Gasteiger partial charge >= 0.3 is 5.97 Å². The highest BCUT2D eigenvalue weighted by atomic mass is 32.3. The molecule has 1 rings (SSSR count). The number of methoxy groups -OCH3 is 1. The molecule has 0 saturated heterocycles. The van der Waals surface area contributed by atoms with Gasteiger partial charge in [0.05, 0.1) is 18.6 Å². The fourth-order valence-corrected chi connectivity index (χ4v) is 6.18. The maximum atomic E-state index is 14.6. The second-order valence-electron chi connectivity index (χ2n) is 5.11. The minimum atomic E-state index is -4.51. The summed E-state index contributed by atoms with van der Waals surface area (Å²) in [6.45, 7) is 2.98. The fraction of sp³-hybridized carbons (Fsp3) is 0.500. The van der Waals surface area contributed by atoms with Gasteiger partial charge in [0, 0.05) is 6.07 Å². The second-order valence-corrected chi connectivity index (χ2v) is 9.21. The first-order valence-electron chi connectivity index (χ1n) is 7.35. The van der Waals surface area contributed by atoms with Gasteiger partial charge in [-0.1, -0.05) is 13.8 Å². The van der Waals surface area contributed by atoms with Crippen LogP contribution < -0.4 is 3.71 Å². The Morgan fingerprint density at radius 1 is 1.04 bits per heavy atom. The average Bonchev–Trinajstić information content (AvgIpc) is 2.48. The summed E-state index contributed by atoms with van der Waals surface area (Å²) in [5.74, 6) is -5.13. The van der Waals surface area contributed by atoms with E-state index < -0.39 is 60.4 Å². The number of sulfonamides is 2. The summed E-state index contributed by atoms with van der Waals surface area (Å²) in [6.07, 6.45) is 0.114. The molecule has 0 saturated carbocycles. The molecule has 0 aromatic heterocycles. The van der Waals surface area contributed by atoms with E-state index >= 15 is 0 Å². The molecule has 7 nitrogen and oxygen atoms in total. The third-order valence-electron chi connectivity index (χ3n) is 3.05. The van der Waals surface area contributed by atoms with Crippen molar-refractivity contribution in [3.05, 3.63) is 29.3 Å². The third-order valence-corrected chi connectivity index (χ3v) is 7.66. The lowest BCUT2D eigenvalue weighted by atomic mass is 10.2. The molecular weight excluding hydrogens is 380 g/mol. The van der Waals surface area contributed by atoms with Crippen LogP contribution in [0.2, 0.25) is 0 Å². The summed E-state index contributed by atoms with van der Waals surface area (Å²) in [6, 6.07) is 0.921. The molecule has 0 amide bonds. The third kappa shape index (κ3) is 4.66. The summed E-state index contributed by atoms with van der Waals surface area (Å²) in [7, 11) is -8.09. The maximum absolute atomic E-state index is 14.6. The zero-order valence-corrected chi connectivity index (χ0v) is 15.6. The standard InChI is InChI=1S/C14H19F2NO6S2/c1-4-6-24(19,20)17(25(21,22)7-5-2)12-9-10(15)8-11(13(12)16)14(18)23-3/h8-9H,4-7H2,1-3H3. The molecule has 0 spiro atoms. The summed E-state index contributed by atoms with van der Waals surface area (Å²) >= 11 is 0. The van der Waals surface area contributed by atoms with E-state index in [0.717, 1.165) is 7.11 Å². The monoisotopic (exact) mass is 399 g/mol. The quantitative estimate of drug-likeness (QED) is 0.621. The van der Waals surface area contributed by atoms with Crippen LogP contribution >= 0.6 is 0 Å². The number of hydrogen-bond acceptors (Lipinski definition) is 6. The van der Waals surface area contributed by atoms with Gasteiger partial charge in [0.1, 0.15) is 17.1 Å². The molecular formula is C14H19F2NO6S2. The number of esters is 1. The van der Waals surface area contributed by atoms with E-state index in [1.807, 2.05) is 0 Å². The lowest BCUT2D eigenvalue weighted by Crippen LogP contribution is -2.40. The van der Waals surface area contributed by atoms with Crippen LogP contribution in [-0.2, 0) is 24.8 Å². The number of carbonyl (C=O) groups excluding carboxylic acids is 1. The number of ether oxygens (including phenoxy) is 1. The number of carbonyl (C=O) groups is 1. The van der Waals surface area contributed by atoms with Crippen molar-refractivity contribution in [1.29, 1.82) is 0 Å². The molecule has 0 aliphatic rings. The van der Waals surface area contributed by atoms with E-state index in [9.17, 15) is 30.4 Å². The largest absolute Gasteiger partial charge is 0.465 e. The van der Waals surface area contributed by atoms with Gasteiger partial charge in [0.25, 0.3) is 0 Å². The summed E-state index contributed by atoms with van der Waals surface area (Å²) in [5.41, 5.74) is -1.97. The molecule has 0 heterocycles. The first-order chi connectivity index (χ1) is 11.5. The molecule has 0 N–H and O–H groups in total. The molecule has 142 valence electrons. The van der Waals surface area contributed by atoms with Crippen LogP contribution in [0.25, 0.3) is 0 Å². The lowest BCUT2D eigenvalue weighted by Gasteiger charge is -2.24. The number of nitrogens with zero attached hydrogens (tertiary/aromatic N) is 1. The fourth-order valence-electron chi connectivity index (χ4n) is 2.12. The van der Waals surface area contributed by atoms with E-state index in [4.69, 9.17) is 0 Å². The highest BCUT2D eigenvalue weighted by molar-refractivity contribution is 8.10. The molecule has 25 heavy (non-hydrogen) atoms. The van der Waals surface area contributed by atoms with E-state index in [2.05, 4.69) is 4.74 Å². The van der Waals surface area contributed by atoms with Crippen LogP contribution in [0.4, 0.5) is 14.5 Å². The molecule has 1 aromatic carbocycles.